The van der Waals surface area contributed by atoms with Crippen LogP contribution in [0.1, 0.15) is 47.5 Å². The van der Waals surface area contributed by atoms with Crippen molar-refractivity contribution in [3.8, 4) is 0 Å². The van der Waals surface area contributed by atoms with Gasteiger partial charge in [-0.05, 0) is 29.6 Å². The molecule has 1 saturated carbocycles. The van der Waals surface area contributed by atoms with Crippen LogP contribution in [0, 0.1) is 29.6 Å². The number of hydrogen-bond donors (Lipinski definition) is 0. The largest absolute Gasteiger partial charge is 0.0654 e. The van der Waals surface area contributed by atoms with Crippen LogP contribution in [0.2, 0.25) is 0 Å². The van der Waals surface area contributed by atoms with E-state index in [0.29, 0.717) is 0 Å². The van der Waals surface area contributed by atoms with Crippen molar-refractivity contribution < 1.29 is 0 Å². The van der Waals surface area contributed by atoms with Gasteiger partial charge in [0.25, 0.3) is 0 Å². The molecule has 0 aromatic rings. The highest BCUT2D eigenvalue weighted by Gasteiger charge is 2.50. The minimum absolute atomic E-state index is 0.907. The zero-order valence-electron chi connectivity index (χ0n) is 9.30. The predicted molar refractivity (Wildman–Crippen MR) is 55.1 cm³/mol. The van der Waals surface area contributed by atoms with E-state index >= 15 is 0 Å². The van der Waals surface area contributed by atoms with Gasteiger partial charge in [-0.25, -0.2) is 0 Å². The number of rotatable bonds is 4. The molecule has 1 aliphatic carbocycles. The molecule has 1 rings (SSSR count). The molecule has 0 bridgehead atoms. The van der Waals surface area contributed by atoms with Crippen molar-refractivity contribution in [2.24, 2.45) is 29.6 Å². The van der Waals surface area contributed by atoms with Gasteiger partial charge < -0.3 is 0 Å². The molecule has 0 heteroatoms. The van der Waals surface area contributed by atoms with E-state index in [0.717, 1.165) is 29.6 Å². The van der Waals surface area contributed by atoms with Crippen LogP contribution in [-0.2, 0) is 0 Å². The predicted octanol–water partition coefficient (Wildman–Crippen LogP) is 3.96. The second kappa shape index (κ2) is 3.81. The monoisotopic (exact) mass is 168 g/mol. The Balaban J connectivity index is 2.36. The Morgan fingerprint density at radius 2 is 1.67 bits per heavy atom. The lowest BCUT2D eigenvalue weighted by molar-refractivity contribution is 0.398. The summed E-state index contributed by atoms with van der Waals surface area (Å²) in [5, 5.41) is 0. The zero-order valence-corrected chi connectivity index (χ0v) is 9.30. The Hall–Kier alpha value is 0. The van der Waals surface area contributed by atoms with E-state index in [1.54, 1.807) is 0 Å². The molecule has 72 valence electrons. The second-order valence-corrected chi connectivity index (χ2v) is 5.02. The molecule has 0 heterocycles. The maximum atomic E-state index is 2.44. The molecule has 1 aliphatic rings. The molecule has 0 saturated heterocycles. The van der Waals surface area contributed by atoms with E-state index in [1.807, 2.05) is 0 Å². The lowest BCUT2D eigenvalue weighted by atomic mass is 9.96. The lowest BCUT2D eigenvalue weighted by Crippen LogP contribution is -2.01. The fourth-order valence-electron chi connectivity index (χ4n) is 3.12. The standard InChI is InChI=1S/C12H24/c1-6-7-9(4)12-10(5)11(12)8(2)3/h8-12H,6-7H2,1-5H3. The van der Waals surface area contributed by atoms with Crippen LogP contribution in [0.15, 0.2) is 0 Å². The Labute approximate surface area is 77.7 Å². The quantitative estimate of drug-likeness (QED) is 0.596. The fraction of sp³-hybridized carbons (Fsp3) is 1.00. The van der Waals surface area contributed by atoms with E-state index < -0.39 is 0 Å². The summed E-state index contributed by atoms with van der Waals surface area (Å²) >= 11 is 0. The molecule has 12 heavy (non-hydrogen) atoms. The van der Waals surface area contributed by atoms with Gasteiger partial charge in [0.2, 0.25) is 0 Å². The molecule has 4 unspecified atom stereocenters. The summed E-state index contributed by atoms with van der Waals surface area (Å²) in [5.74, 6) is 4.96. The Bertz CT molecular complexity index is 137. The van der Waals surface area contributed by atoms with E-state index in [2.05, 4.69) is 34.6 Å². The molecular formula is C12H24. The first-order valence-corrected chi connectivity index (χ1v) is 5.59. The van der Waals surface area contributed by atoms with Crippen molar-refractivity contribution in [1.82, 2.24) is 0 Å². The molecule has 0 nitrogen and oxygen atoms in total. The zero-order chi connectivity index (χ0) is 9.30. The molecule has 0 N–H and O–H groups in total. The molecule has 4 atom stereocenters. The first kappa shape index (κ1) is 10.1. The molecule has 0 radical (unpaired) electrons. The number of hydrogen-bond acceptors (Lipinski definition) is 0. The van der Waals surface area contributed by atoms with E-state index in [9.17, 15) is 0 Å². The highest BCUT2D eigenvalue weighted by Crippen LogP contribution is 2.55. The summed E-state index contributed by atoms with van der Waals surface area (Å²) in [6.45, 7) is 11.9. The van der Waals surface area contributed by atoms with Gasteiger partial charge in [0.15, 0.2) is 0 Å². The molecule has 0 amide bonds. The van der Waals surface area contributed by atoms with Gasteiger partial charge in [-0.15, -0.1) is 0 Å². The third kappa shape index (κ3) is 1.84. The minimum Gasteiger partial charge on any atom is -0.0654 e. The van der Waals surface area contributed by atoms with Crippen LogP contribution >= 0.6 is 0 Å². The molecular weight excluding hydrogens is 144 g/mol. The topological polar surface area (TPSA) is 0 Å². The van der Waals surface area contributed by atoms with Gasteiger partial charge in [-0.3, -0.25) is 0 Å². The van der Waals surface area contributed by atoms with Crippen molar-refractivity contribution in [1.29, 1.82) is 0 Å². The summed E-state index contributed by atoms with van der Waals surface area (Å²) in [7, 11) is 0. The first-order chi connectivity index (χ1) is 5.59. The van der Waals surface area contributed by atoms with Crippen LogP contribution in [0.4, 0.5) is 0 Å². The summed E-state index contributed by atoms with van der Waals surface area (Å²) in [6, 6.07) is 0. The Morgan fingerprint density at radius 1 is 1.08 bits per heavy atom. The smallest absolute Gasteiger partial charge is 0.0326 e. The second-order valence-electron chi connectivity index (χ2n) is 5.02. The Morgan fingerprint density at radius 3 is 2.00 bits per heavy atom. The molecule has 0 aromatic heterocycles. The van der Waals surface area contributed by atoms with Crippen LogP contribution in [0.5, 0.6) is 0 Å². The maximum Gasteiger partial charge on any atom is -0.0326 e. The van der Waals surface area contributed by atoms with E-state index in [4.69, 9.17) is 0 Å². The summed E-state index contributed by atoms with van der Waals surface area (Å²) < 4.78 is 0. The van der Waals surface area contributed by atoms with Crippen LogP contribution in [0.25, 0.3) is 0 Å². The van der Waals surface area contributed by atoms with Gasteiger partial charge in [0, 0.05) is 0 Å². The van der Waals surface area contributed by atoms with Crippen molar-refractivity contribution in [3.63, 3.8) is 0 Å². The third-order valence-electron chi connectivity index (χ3n) is 3.69. The van der Waals surface area contributed by atoms with Gasteiger partial charge in [-0.2, -0.15) is 0 Å². The highest BCUT2D eigenvalue weighted by atomic mass is 14.5. The molecule has 0 aromatic carbocycles. The Kier molecular flexibility index (Phi) is 3.20. The average Bonchev–Trinajstić information content (AvgIpc) is 2.62. The van der Waals surface area contributed by atoms with Gasteiger partial charge in [0.1, 0.15) is 0 Å². The maximum absolute atomic E-state index is 2.44. The van der Waals surface area contributed by atoms with Gasteiger partial charge in [-0.1, -0.05) is 47.5 Å². The van der Waals surface area contributed by atoms with Crippen molar-refractivity contribution in [2.45, 2.75) is 47.5 Å². The molecule has 0 aliphatic heterocycles. The third-order valence-corrected chi connectivity index (χ3v) is 3.69. The fourth-order valence-corrected chi connectivity index (χ4v) is 3.12. The summed E-state index contributed by atoms with van der Waals surface area (Å²) in [5.41, 5.74) is 0. The summed E-state index contributed by atoms with van der Waals surface area (Å²) in [6.07, 6.45) is 2.79. The minimum atomic E-state index is 0.907. The van der Waals surface area contributed by atoms with Crippen molar-refractivity contribution in [2.75, 3.05) is 0 Å². The normalized spacial score (nSPS) is 37.0. The van der Waals surface area contributed by atoms with E-state index in [-0.39, 0.29) is 0 Å². The average molecular weight is 168 g/mol. The van der Waals surface area contributed by atoms with Gasteiger partial charge >= 0.3 is 0 Å². The molecule has 1 fully saturated rings. The van der Waals surface area contributed by atoms with Crippen LogP contribution in [-0.4, -0.2) is 0 Å². The van der Waals surface area contributed by atoms with Crippen LogP contribution < -0.4 is 0 Å². The van der Waals surface area contributed by atoms with E-state index in [1.165, 1.54) is 12.8 Å². The highest BCUT2D eigenvalue weighted by molar-refractivity contribution is 4.97. The van der Waals surface area contributed by atoms with Crippen molar-refractivity contribution in [3.05, 3.63) is 0 Å². The lowest BCUT2D eigenvalue weighted by Gasteiger charge is -2.10. The van der Waals surface area contributed by atoms with Gasteiger partial charge in [0.05, 0.1) is 0 Å². The summed E-state index contributed by atoms with van der Waals surface area (Å²) in [4.78, 5) is 0. The first-order valence-electron chi connectivity index (χ1n) is 5.59. The van der Waals surface area contributed by atoms with Crippen molar-refractivity contribution >= 4 is 0 Å². The SMILES string of the molecule is CCCC(C)C1C(C)C1C(C)C. The van der Waals surface area contributed by atoms with Crippen LogP contribution in [0.3, 0.4) is 0 Å². The molecule has 0 spiro atoms.